The van der Waals surface area contributed by atoms with E-state index in [1.807, 2.05) is 30.3 Å². The molecule has 0 aliphatic heterocycles. The van der Waals surface area contributed by atoms with Crippen molar-refractivity contribution in [1.82, 2.24) is 30.4 Å². The van der Waals surface area contributed by atoms with Crippen molar-refractivity contribution in [2.75, 3.05) is 12.4 Å². The Morgan fingerprint density at radius 2 is 1.84 bits per heavy atom. The molecular weight excluding hydrogens is 623 g/mol. The third kappa shape index (κ3) is 7.71. The fourth-order valence-electron chi connectivity index (χ4n) is 4.36. The fourth-order valence-corrected chi connectivity index (χ4v) is 4.79. The highest BCUT2D eigenvalue weighted by Crippen LogP contribution is 2.29. The molecule has 5 rings (SSSR count). The van der Waals surface area contributed by atoms with Crippen LogP contribution < -0.4 is 15.3 Å². The minimum Gasteiger partial charge on any atom is -0.453 e. The zero-order valence-electron chi connectivity index (χ0n) is 23.5. The molecular formula is C30H25Cl2N8O5+. The van der Waals surface area contributed by atoms with Gasteiger partial charge in [-0.25, -0.2) is 14.6 Å². The predicted octanol–water partition coefficient (Wildman–Crippen LogP) is 5.07. The zero-order valence-corrected chi connectivity index (χ0v) is 25.0. The molecule has 228 valence electrons. The standard InChI is InChI=1S/C30H24Cl2N8O5/c1-45-29(42)33-22-11-7-19(8-12-22)26-27(32)36-28(35-26)23(15-18-5-3-2-4-6-18)34-25(41)14-9-20-16-21(31)10-13-24(20)39-17-40(30(43)44)38-37-39/h2-14,16-17,23H,15H2,1H3,(H3-,33,34,35,36,37,38,41,42,43,44)/p+1/t23-/m0/s1. The Kier molecular flexibility index (Phi) is 9.51. The lowest BCUT2D eigenvalue weighted by Crippen LogP contribution is -2.33. The van der Waals surface area contributed by atoms with Crippen LogP contribution in [0.15, 0.2) is 85.2 Å². The van der Waals surface area contributed by atoms with Gasteiger partial charge in [-0.15, -0.1) is 4.68 Å². The van der Waals surface area contributed by atoms with Gasteiger partial charge in [-0.2, -0.15) is 0 Å². The first-order chi connectivity index (χ1) is 21.7. The summed E-state index contributed by atoms with van der Waals surface area (Å²) in [4.78, 5) is 43.8. The van der Waals surface area contributed by atoms with Crippen molar-refractivity contribution in [2.24, 2.45) is 0 Å². The van der Waals surface area contributed by atoms with Crippen LogP contribution >= 0.6 is 23.2 Å². The lowest BCUT2D eigenvalue weighted by atomic mass is 10.1. The summed E-state index contributed by atoms with van der Waals surface area (Å²) in [6, 6.07) is 20.7. The SMILES string of the molecule is COC(=O)Nc1ccc(-c2nc([C@H](Cc3ccccc3)NC(=O)C=Cc3cc(Cl)ccc3-[n+]3cn(C(=O)O)nn3)[nH]c2Cl)cc1. The first-order valence-corrected chi connectivity index (χ1v) is 14.1. The molecule has 0 aliphatic carbocycles. The number of aromatic amines is 1. The van der Waals surface area contributed by atoms with Crippen LogP contribution in [0.3, 0.4) is 0 Å². The van der Waals surface area contributed by atoms with Crippen LogP contribution in [0, 0.1) is 0 Å². The highest BCUT2D eigenvalue weighted by atomic mass is 35.5. The second-order valence-corrected chi connectivity index (χ2v) is 10.3. The summed E-state index contributed by atoms with van der Waals surface area (Å²) in [7, 11) is 1.28. The average Bonchev–Trinajstić information content (AvgIpc) is 3.68. The topological polar surface area (TPSA) is 168 Å². The number of aromatic nitrogens is 6. The zero-order chi connectivity index (χ0) is 31.9. The van der Waals surface area contributed by atoms with Crippen LogP contribution in [0.1, 0.15) is 23.0 Å². The van der Waals surface area contributed by atoms with E-state index >= 15 is 0 Å². The van der Waals surface area contributed by atoms with Gasteiger partial charge in [-0.05, 0) is 48.4 Å². The largest absolute Gasteiger partial charge is 0.512 e. The molecule has 15 heteroatoms. The van der Waals surface area contributed by atoms with Crippen molar-refractivity contribution in [3.8, 4) is 16.9 Å². The number of nitrogens with one attached hydrogen (secondary N) is 3. The van der Waals surface area contributed by atoms with Gasteiger partial charge in [-0.1, -0.05) is 65.7 Å². The van der Waals surface area contributed by atoms with Crippen LogP contribution in [0.25, 0.3) is 23.0 Å². The summed E-state index contributed by atoms with van der Waals surface area (Å²) in [5, 5.41) is 22.8. The predicted molar refractivity (Wildman–Crippen MR) is 165 cm³/mol. The second kappa shape index (κ2) is 13.8. The van der Waals surface area contributed by atoms with E-state index in [2.05, 4.69) is 30.8 Å². The van der Waals surface area contributed by atoms with Gasteiger partial charge in [0.1, 0.15) is 27.6 Å². The maximum absolute atomic E-state index is 13.3. The summed E-state index contributed by atoms with van der Waals surface area (Å²) in [5.41, 5.74) is 3.59. The number of carbonyl (C=O) groups is 3. The molecule has 13 nitrogen and oxygen atoms in total. The molecule has 2 heterocycles. The van der Waals surface area contributed by atoms with Crippen molar-refractivity contribution in [3.63, 3.8) is 0 Å². The van der Waals surface area contributed by atoms with Crippen molar-refractivity contribution in [2.45, 2.75) is 12.5 Å². The van der Waals surface area contributed by atoms with Gasteiger partial charge >= 0.3 is 12.2 Å². The van der Waals surface area contributed by atoms with Crippen molar-refractivity contribution in [1.29, 1.82) is 0 Å². The van der Waals surface area contributed by atoms with Gasteiger partial charge in [0.25, 0.3) is 6.33 Å². The van der Waals surface area contributed by atoms with Gasteiger partial charge in [0.2, 0.25) is 5.91 Å². The van der Waals surface area contributed by atoms with E-state index in [0.717, 1.165) is 5.56 Å². The number of rotatable bonds is 9. The number of halogens is 2. The first-order valence-electron chi connectivity index (χ1n) is 13.3. The molecule has 0 aliphatic rings. The minimum absolute atomic E-state index is 0.275. The molecule has 5 aromatic rings. The molecule has 3 aromatic carbocycles. The normalized spacial score (nSPS) is 11.7. The maximum Gasteiger partial charge on any atom is 0.512 e. The third-order valence-corrected chi connectivity index (χ3v) is 7.00. The number of hydrogen-bond donors (Lipinski definition) is 4. The van der Waals surface area contributed by atoms with E-state index in [-0.39, 0.29) is 5.15 Å². The van der Waals surface area contributed by atoms with Gasteiger partial charge in [0.15, 0.2) is 5.21 Å². The molecule has 0 radical (unpaired) electrons. The van der Waals surface area contributed by atoms with E-state index in [0.29, 0.717) is 50.1 Å². The van der Waals surface area contributed by atoms with E-state index in [4.69, 9.17) is 28.2 Å². The molecule has 2 aromatic heterocycles. The fraction of sp³-hybridized carbons (Fsp3) is 0.100. The number of nitrogens with zero attached hydrogens (tertiary/aromatic N) is 5. The number of ether oxygens (including phenoxy) is 1. The van der Waals surface area contributed by atoms with Crippen molar-refractivity contribution < 1.29 is 28.9 Å². The third-order valence-electron chi connectivity index (χ3n) is 6.50. The molecule has 0 bridgehead atoms. The maximum atomic E-state index is 13.3. The monoisotopic (exact) mass is 647 g/mol. The van der Waals surface area contributed by atoms with Crippen LogP contribution in [-0.4, -0.2) is 55.4 Å². The molecule has 2 amide bonds. The highest BCUT2D eigenvalue weighted by Gasteiger charge is 2.22. The molecule has 0 saturated heterocycles. The minimum atomic E-state index is -1.30. The Morgan fingerprint density at radius 3 is 2.53 bits per heavy atom. The number of carbonyl (C=O) groups excluding carboxylic acids is 2. The van der Waals surface area contributed by atoms with Gasteiger partial charge in [0.05, 0.1) is 13.2 Å². The lowest BCUT2D eigenvalue weighted by molar-refractivity contribution is -0.660. The van der Waals surface area contributed by atoms with E-state index in [9.17, 15) is 19.5 Å². The quantitative estimate of drug-likeness (QED) is 0.0976. The summed E-state index contributed by atoms with van der Waals surface area (Å²) in [6.45, 7) is 0. The number of H-pyrrole nitrogens is 1. The Bertz CT molecular complexity index is 1870. The first kappa shape index (κ1) is 30.9. The Hall–Kier alpha value is -5.53. The Labute approximate surface area is 266 Å². The molecule has 0 spiro atoms. The lowest BCUT2D eigenvalue weighted by Gasteiger charge is -2.16. The van der Waals surface area contributed by atoms with E-state index in [1.54, 1.807) is 42.5 Å². The Morgan fingerprint density at radius 1 is 1.09 bits per heavy atom. The average molecular weight is 648 g/mol. The number of amides is 2. The molecule has 45 heavy (non-hydrogen) atoms. The molecule has 0 unspecified atom stereocenters. The van der Waals surface area contributed by atoms with Gasteiger partial charge < -0.3 is 20.1 Å². The highest BCUT2D eigenvalue weighted by molar-refractivity contribution is 6.32. The van der Waals surface area contributed by atoms with Crippen molar-refractivity contribution in [3.05, 3.63) is 112 Å². The van der Waals surface area contributed by atoms with E-state index < -0.39 is 24.1 Å². The smallest absolute Gasteiger partial charge is 0.453 e. The second-order valence-electron chi connectivity index (χ2n) is 9.53. The van der Waals surface area contributed by atoms with E-state index in [1.165, 1.54) is 30.3 Å². The van der Waals surface area contributed by atoms with Crippen molar-refractivity contribution >= 4 is 53.1 Å². The van der Waals surface area contributed by atoms with Gasteiger partial charge in [0, 0.05) is 32.6 Å². The van der Waals surface area contributed by atoms with Crippen LogP contribution in [0.4, 0.5) is 15.3 Å². The number of methoxy groups -OCH3 is 1. The number of anilines is 1. The van der Waals surface area contributed by atoms with Crippen LogP contribution in [0.5, 0.6) is 0 Å². The summed E-state index contributed by atoms with van der Waals surface area (Å²) < 4.78 is 6.53. The Balaban J connectivity index is 1.40. The van der Waals surface area contributed by atoms with Crippen LogP contribution in [0.2, 0.25) is 10.2 Å². The number of benzene rings is 3. The summed E-state index contributed by atoms with van der Waals surface area (Å²) in [5.74, 6) is -0.00462. The van der Waals surface area contributed by atoms with Gasteiger partial charge in [-0.3, -0.25) is 10.1 Å². The molecule has 0 fully saturated rings. The summed E-state index contributed by atoms with van der Waals surface area (Å²) >= 11 is 12.8. The number of carboxylic acid groups (broad SMARTS) is 1. The van der Waals surface area contributed by atoms with Crippen LogP contribution in [-0.2, 0) is 16.0 Å². The summed E-state index contributed by atoms with van der Waals surface area (Å²) in [6.07, 6.45) is 2.56. The number of imidazole rings is 1. The number of hydrogen-bond acceptors (Lipinski definition) is 7. The molecule has 4 N–H and O–H groups in total. The number of tetrazole rings is 1. The molecule has 0 saturated carbocycles. The molecule has 1 atom stereocenters.